The minimum atomic E-state index is -1.71. The minimum Gasteiger partial charge on any atom is -0.421 e. The molecule has 0 spiro atoms. The van der Waals surface area contributed by atoms with Crippen molar-refractivity contribution in [3.8, 4) is 11.5 Å². The maximum Gasteiger partial charge on any atom is 0.247 e. The monoisotopic (exact) mass is 411 g/mol. The summed E-state index contributed by atoms with van der Waals surface area (Å²) in [6.07, 6.45) is 2.76. The average Bonchev–Trinajstić information content (AvgIpc) is 3.39. The minimum absolute atomic E-state index is 0.0245. The van der Waals surface area contributed by atoms with Crippen LogP contribution in [0.4, 0.5) is 8.78 Å². The first-order chi connectivity index (χ1) is 14.4. The van der Waals surface area contributed by atoms with Crippen molar-refractivity contribution in [2.24, 2.45) is 0 Å². The second-order valence-corrected chi connectivity index (χ2v) is 7.11. The van der Waals surface area contributed by atoms with E-state index in [0.717, 1.165) is 23.3 Å². The van der Waals surface area contributed by atoms with E-state index in [1.807, 2.05) is 0 Å². The van der Waals surface area contributed by atoms with Gasteiger partial charge in [0.1, 0.15) is 29.9 Å². The van der Waals surface area contributed by atoms with E-state index in [9.17, 15) is 13.9 Å². The zero-order valence-corrected chi connectivity index (χ0v) is 16.3. The van der Waals surface area contributed by atoms with Gasteiger partial charge in [-0.15, -0.1) is 10.2 Å². The highest BCUT2D eigenvalue weighted by atomic mass is 19.1. The summed E-state index contributed by atoms with van der Waals surface area (Å²) in [6.45, 7) is 3.40. The van der Waals surface area contributed by atoms with Crippen LogP contribution >= 0.6 is 0 Å². The Labute approximate surface area is 171 Å². The summed E-state index contributed by atoms with van der Waals surface area (Å²) in [6, 6.07) is 10.3. The number of hydrogen-bond acceptors (Lipinski definition) is 6. The summed E-state index contributed by atoms with van der Waals surface area (Å²) >= 11 is 0. The Morgan fingerprint density at radius 3 is 2.50 bits per heavy atom. The standard InChI is InChI=1S/C21H19F2N5O2/c1-13(15-3-5-16(6-4-15)20-27-26-14(2)30-20)21(29,10-28-12-24-11-25-28)18-8-7-17(22)9-19(18)23/h3-9,11-13,29H,10H2,1-2H3/t13-,21+/m1/s1. The predicted molar refractivity (Wildman–Crippen MR) is 103 cm³/mol. The lowest BCUT2D eigenvalue weighted by Crippen LogP contribution is -2.38. The lowest BCUT2D eigenvalue weighted by atomic mass is 9.78. The van der Waals surface area contributed by atoms with Crippen molar-refractivity contribution >= 4 is 0 Å². The molecule has 2 atom stereocenters. The highest BCUT2D eigenvalue weighted by Gasteiger charge is 2.40. The Balaban J connectivity index is 1.72. The first-order valence-corrected chi connectivity index (χ1v) is 9.27. The van der Waals surface area contributed by atoms with Crippen molar-refractivity contribution in [3.05, 3.63) is 83.8 Å². The molecule has 0 bridgehead atoms. The summed E-state index contributed by atoms with van der Waals surface area (Å²) in [4.78, 5) is 3.88. The van der Waals surface area contributed by atoms with Crippen molar-refractivity contribution < 1.29 is 18.3 Å². The van der Waals surface area contributed by atoms with Gasteiger partial charge < -0.3 is 9.52 Å². The second kappa shape index (κ2) is 7.75. The highest BCUT2D eigenvalue weighted by molar-refractivity contribution is 5.53. The topological polar surface area (TPSA) is 89.9 Å². The average molecular weight is 411 g/mol. The molecular weight excluding hydrogens is 392 g/mol. The van der Waals surface area contributed by atoms with Gasteiger partial charge in [0.05, 0.1) is 6.54 Å². The van der Waals surface area contributed by atoms with Crippen LogP contribution < -0.4 is 0 Å². The van der Waals surface area contributed by atoms with Gasteiger partial charge in [-0.3, -0.25) is 0 Å². The summed E-state index contributed by atoms with van der Waals surface area (Å²) in [5.41, 5.74) is -0.280. The van der Waals surface area contributed by atoms with Crippen LogP contribution in [0.1, 0.15) is 29.9 Å². The van der Waals surface area contributed by atoms with E-state index >= 15 is 0 Å². The Morgan fingerprint density at radius 1 is 1.13 bits per heavy atom. The number of aliphatic hydroxyl groups is 1. The molecule has 0 amide bonds. The largest absolute Gasteiger partial charge is 0.421 e. The molecule has 154 valence electrons. The van der Waals surface area contributed by atoms with E-state index in [1.165, 1.54) is 23.4 Å². The summed E-state index contributed by atoms with van der Waals surface area (Å²) in [5, 5.41) is 23.5. The Kier molecular flexibility index (Phi) is 5.13. The van der Waals surface area contributed by atoms with Crippen LogP contribution in [0.2, 0.25) is 0 Å². The van der Waals surface area contributed by atoms with Crippen LogP contribution in [0.5, 0.6) is 0 Å². The molecule has 2 aromatic carbocycles. The number of halogens is 2. The lowest BCUT2D eigenvalue weighted by Gasteiger charge is -2.35. The normalized spacial score (nSPS) is 14.4. The third kappa shape index (κ3) is 3.71. The fraction of sp³-hybridized carbons (Fsp3) is 0.238. The number of rotatable bonds is 6. The number of nitrogens with zero attached hydrogens (tertiary/aromatic N) is 5. The SMILES string of the molecule is Cc1nnc(-c2ccc([C@@H](C)[C@@](O)(Cn3cncn3)c3ccc(F)cc3F)cc2)o1. The molecule has 2 heterocycles. The lowest BCUT2D eigenvalue weighted by molar-refractivity contribution is -0.0112. The fourth-order valence-electron chi connectivity index (χ4n) is 3.46. The van der Waals surface area contributed by atoms with Crippen LogP contribution in [-0.2, 0) is 12.1 Å². The van der Waals surface area contributed by atoms with Crippen LogP contribution in [-0.4, -0.2) is 30.1 Å². The number of benzene rings is 2. The number of hydrogen-bond donors (Lipinski definition) is 1. The fourth-order valence-corrected chi connectivity index (χ4v) is 3.46. The molecule has 1 N–H and O–H groups in total. The third-order valence-corrected chi connectivity index (χ3v) is 5.17. The first kappa shape index (κ1) is 19.8. The highest BCUT2D eigenvalue weighted by Crippen LogP contribution is 2.40. The van der Waals surface area contributed by atoms with Crippen LogP contribution in [0.15, 0.2) is 59.5 Å². The van der Waals surface area contributed by atoms with Gasteiger partial charge in [0, 0.05) is 30.0 Å². The van der Waals surface area contributed by atoms with Gasteiger partial charge in [0.15, 0.2) is 0 Å². The smallest absolute Gasteiger partial charge is 0.247 e. The quantitative estimate of drug-likeness (QED) is 0.521. The maximum atomic E-state index is 14.7. The van der Waals surface area contributed by atoms with E-state index in [2.05, 4.69) is 20.3 Å². The van der Waals surface area contributed by atoms with Gasteiger partial charge >= 0.3 is 0 Å². The summed E-state index contributed by atoms with van der Waals surface area (Å²) in [7, 11) is 0. The number of aryl methyl sites for hydroxylation is 1. The summed E-state index contributed by atoms with van der Waals surface area (Å²) < 4.78 is 35.0. The van der Waals surface area contributed by atoms with E-state index in [4.69, 9.17) is 4.42 Å². The van der Waals surface area contributed by atoms with Gasteiger partial charge in [0.25, 0.3) is 0 Å². The molecular formula is C21H19F2N5O2. The van der Waals surface area contributed by atoms with Crippen molar-refractivity contribution in [2.45, 2.75) is 31.9 Å². The van der Waals surface area contributed by atoms with Crippen molar-refractivity contribution in [1.82, 2.24) is 25.0 Å². The van der Waals surface area contributed by atoms with E-state index in [-0.39, 0.29) is 12.1 Å². The second-order valence-electron chi connectivity index (χ2n) is 7.11. The van der Waals surface area contributed by atoms with Crippen molar-refractivity contribution in [2.75, 3.05) is 0 Å². The Bertz CT molecular complexity index is 1140. The molecule has 0 unspecified atom stereocenters. The zero-order valence-electron chi connectivity index (χ0n) is 16.3. The summed E-state index contributed by atoms with van der Waals surface area (Å²) in [5.74, 6) is -1.28. The van der Waals surface area contributed by atoms with Crippen molar-refractivity contribution in [3.63, 3.8) is 0 Å². The van der Waals surface area contributed by atoms with Crippen LogP contribution in [0, 0.1) is 18.6 Å². The maximum absolute atomic E-state index is 14.7. The molecule has 0 fully saturated rings. The predicted octanol–water partition coefficient (Wildman–Crippen LogP) is 3.61. The third-order valence-electron chi connectivity index (χ3n) is 5.17. The molecule has 4 aromatic rings. The molecule has 0 saturated carbocycles. The van der Waals surface area contributed by atoms with E-state index in [0.29, 0.717) is 11.8 Å². The van der Waals surface area contributed by atoms with Gasteiger partial charge in [0.2, 0.25) is 11.8 Å². The van der Waals surface area contributed by atoms with Crippen LogP contribution in [0.3, 0.4) is 0 Å². The molecule has 4 rings (SSSR count). The van der Waals surface area contributed by atoms with Crippen molar-refractivity contribution in [1.29, 1.82) is 0 Å². The molecule has 0 aliphatic carbocycles. The first-order valence-electron chi connectivity index (χ1n) is 9.27. The van der Waals surface area contributed by atoms with E-state index in [1.54, 1.807) is 38.1 Å². The van der Waals surface area contributed by atoms with Gasteiger partial charge in [-0.05, 0) is 23.8 Å². The molecule has 0 aliphatic heterocycles. The molecule has 0 aliphatic rings. The van der Waals surface area contributed by atoms with Crippen LogP contribution in [0.25, 0.3) is 11.5 Å². The molecule has 7 nitrogen and oxygen atoms in total. The van der Waals surface area contributed by atoms with E-state index < -0.39 is 23.2 Å². The molecule has 2 aromatic heterocycles. The zero-order chi connectivity index (χ0) is 21.3. The molecule has 30 heavy (non-hydrogen) atoms. The molecule has 0 saturated heterocycles. The Morgan fingerprint density at radius 2 is 1.90 bits per heavy atom. The molecule has 9 heteroatoms. The number of aromatic nitrogens is 5. The van der Waals surface area contributed by atoms with Gasteiger partial charge in [-0.1, -0.05) is 25.1 Å². The molecule has 0 radical (unpaired) electrons. The Hall–Kier alpha value is -3.46. The van der Waals surface area contributed by atoms with Gasteiger partial charge in [-0.2, -0.15) is 5.10 Å². The van der Waals surface area contributed by atoms with Gasteiger partial charge in [-0.25, -0.2) is 18.4 Å².